The Hall–Kier alpha value is -0.970. The maximum absolute atomic E-state index is 9.95. The Kier molecular flexibility index (Phi) is 25.6. The minimum absolute atomic E-state index is 0.350. The van der Waals surface area contributed by atoms with Crippen molar-refractivity contribution in [3.05, 3.63) is 0 Å². The van der Waals surface area contributed by atoms with E-state index in [4.69, 9.17) is 0 Å². The van der Waals surface area contributed by atoms with Crippen LogP contribution in [0.1, 0.15) is 67.2 Å². The van der Waals surface area contributed by atoms with Crippen LogP contribution in [-0.2, 0) is 9.53 Å². The van der Waals surface area contributed by atoms with Gasteiger partial charge in [0, 0.05) is 5.92 Å². The highest BCUT2D eigenvalue weighted by atomic mass is 16.5. The van der Waals surface area contributed by atoms with E-state index in [1.165, 1.54) is 25.7 Å². The van der Waals surface area contributed by atoms with E-state index in [2.05, 4.69) is 31.9 Å². The molecule has 0 amide bonds. The molecule has 0 aliphatic rings. The molecule has 2 nitrogen and oxygen atoms in total. The molecule has 0 aliphatic carbocycles. The number of hydrogen-bond acceptors (Lipinski definition) is 2. The maximum Gasteiger partial charge on any atom is 0.384 e. The van der Waals surface area contributed by atoms with Crippen molar-refractivity contribution in [3.63, 3.8) is 0 Å². The molecular weight excluding hydrogens is 212 g/mol. The van der Waals surface area contributed by atoms with Crippen molar-refractivity contribution in [2.45, 2.75) is 67.2 Å². The normalized spacial score (nSPS) is 8.12. The van der Waals surface area contributed by atoms with Gasteiger partial charge in [0.1, 0.15) is 0 Å². The lowest BCUT2D eigenvalue weighted by atomic mass is 9.98. The number of ether oxygens (including phenoxy) is 1. The van der Waals surface area contributed by atoms with E-state index in [1.54, 1.807) is 12.8 Å². The van der Waals surface area contributed by atoms with Crippen LogP contribution in [0.5, 0.6) is 0 Å². The van der Waals surface area contributed by atoms with Crippen LogP contribution in [0.25, 0.3) is 0 Å². The Labute approximate surface area is 108 Å². The van der Waals surface area contributed by atoms with Crippen molar-refractivity contribution < 1.29 is 9.53 Å². The smallest absolute Gasteiger partial charge is 0.384 e. The van der Waals surface area contributed by atoms with Crippen LogP contribution in [0.2, 0.25) is 0 Å². The largest absolute Gasteiger partial charge is 0.456 e. The topological polar surface area (TPSA) is 26.3 Å². The van der Waals surface area contributed by atoms with Gasteiger partial charge in [0.15, 0.2) is 0 Å². The van der Waals surface area contributed by atoms with Crippen molar-refractivity contribution in [1.29, 1.82) is 0 Å². The molecule has 0 aromatic heterocycles. The van der Waals surface area contributed by atoms with E-state index in [1.807, 2.05) is 13.8 Å². The first kappa shape index (κ1) is 21.3. The van der Waals surface area contributed by atoms with Gasteiger partial charge in [-0.2, -0.15) is 0 Å². The minimum Gasteiger partial charge on any atom is -0.456 e. The maximum atomic E-state index is 9.95. The van der Waals surface area contributed by atoms with Crippen molar-refractivity contribution >= 4 is 5.97 Å². The second-order valence-electron chi connectivity index (χ2n) is 3.34. The molecule has 0 saturated heterocycles. The van der Waals surface area contributed by atoms with Gasteiger partial charge in [0.05, 0.1) is 6.61 Å². The number of carbonyl (C=O) groups is 1. The molecular formula is C15H30O2. The van der Waals surface area contributed by atoms with Gasteiger partial charge in [-0.15, -0.1) is 6.42 Å². The molecule has 0 unspecified atom stereocenters. The summed E-state index contributed by atoms with van der Waals surface area (Å²) in [6.45, 7) is 12.9. The van der Waals surface area contributed by atoms with Gasteiger partial charge in [-0.3, -0.25) is 0 Å². The van der Waals surface area contributed by atoms with Crippen LogP contribution in [0.3, 0.4) is 0 Å². The van der Waals surface area contributed by atoms with Gasteiger partial charge >= 0.3 is 5.97 Å². The Bertz CT molecular complexity index is 176. The first-order valence-corrected chi connectivity index (χ1v) is 6.79. The zero-order valence-electron chi connectivity index (χ0n) is 12.5. The van der Waals surface area contributed by atoms with Gasteiger partial charge in [-0.25, -0.2) is 4.79 Å². The highest BCUT2D eigenvalue weighted by Crippen LogP contribution is 2.13. The predicted octanol–water partition coefficient (Wildman–Crippen LogP) is 4.43. The van der Waals surface area contributed by atoms with Crippen LogP contribution < -0.4 is 0 Å². The summed E-state index contributed by atoms with van der Waals surface area (Å²) < 4.78 is 4.32. The zero-order valence-corrected chi connectivity index (χ0v) is 12.5. The molecule has 0 saturated carbocycles. The van der Waals surface area contributed by atoms with E-state index in [0.29, 0.717) is 6.61 Å². The fraction of sp³-hybridized carbons (Fsp3) is 0.800. The summed E-state index contributed by atoms with van der Waals surface area (Å²) in [7, 11) is 0. The standard InChI is InChI=1S/C8H18.C5H6O2.C2H6/c1-4-7-8(5-2)6-3;1-3-5(6)7-4-2;1-2/h8H,4-7H2,1-3H3;1H,4H2,2H3;1-2H3. The summed E-state index contributed by atoms with van der Waals surface area (Å²) >= 11 is 0. The fourth-order valence-electron chi connectivity index (χ4n) is 1.28. The van der Waals surface area contributed by atoms with Gasteiger partial charge in [0.25, 0.3) is 0 Å². The van der Waals surface area contributed by atoms with Crippen LogP contribution in [0.4, 0.5) is 0 Å². The van der Waals surface area contributed by atoms with Crippen LogP contribution >= 0.6 is 0 Å². The number of terminal acetylenes is 1. The second kappa shape index (κ2) is 20.4. The third-order valence-corrected chi connectivity index (χ3v) is 2.24. The third-order valence-electron chi connectivity index (χ3n) is 2.24. The molecule has 0 N–H and O–H groups in total. The predicted molar refractivity (Wildman–Crippen MR) is 75.8 cm³/mol. The lowest BCUT2D eigenvalue weighted by Crippen LogP contribution is -1.98. The van der Waals surface area contributed by atoms with Gasteiger partial charge in [-0.1, -0.05) is 60.3 Å². The molecule has 102 valence electrons. The molecule has 0 bridgehead atoms. The quantitative estimate of drug-likeness (QED) is 0.405. The summed E-state index contributed by atoms with van der Waals surface area (Å²) in [5.41, 5.74) is 0. The minimum atomic E-state index is -0.595. The molecule has 0 spiro atoms. The van der Waals surface area contributed by atoms with E-state index in [9.17, 15) is 4.79 Å². The molecule has 0 aromatic carbocycles. The summed E-state index contributed by atoms with van der Waals surface area (Å²) in [6.07, 6.45) is 10.1. The lowest BCUT2D eigenvalue weighted by Gasteiger charge is -2.08. The SMILES string of the molecule is C#CC(=O)OCC.CC.CCCC(CC)CC. The number of hydrogen-bond donors (Lipinski definition) is 0. The van der Waals surface area contributed by atoms with Crippen molar-refractivity contribution in [2.75, 3.05) is 6.61 Å². The van der Waals surface area contributed by atoms with Gasteiger partial charge < -0.3 is 4.74 Å². The summed E-state index contributed by atoms with van der Waals surface area (Å²) in [5, 5.41) is 0. The zero-order chi connectivity index (χ0) is 14.1. The molecule has 2 heteroatoms. The Morgan fingerprint density at radius 3 is 1.76 bits per heavy atom. The highest BCUT2D eigenvalue weighted by Gasteiger charge is 1.98. The van der Waals surface area contributed by atoms with E-state index in [0.717, 1.165) is 5.92 Å². The fourth-order valence-corrected chi connectivity index (χ4v) is 1.28. The number of carbonyl (C=O) groups excluding carboxylic acids is 1. The van der Waals surface area contributed by atoms with Crippen LogP contribution in [0.15, 0.2) is 0 Å². The van der Waals surface area contributed by atoms with E-state index >= 15 is 0 Å². The molecule has 0 aromatic rings. The summed E-state index contributed by atoms with van der Waals surface area (Å²) in [4.78, 5) is 9.95. The monoisotopic (exact) mass is 242 g/mol. The van der Waals surface area contributed by atoms with Gasteiger partial charge in [-0.05, 0) is 12.8 Å². The van der Waals surface area contributed by atoms with Crippen molar-refractivity contribution in [3.8, 4) is 12.3 Å². The molecule has 17 heavy (non-hydrogen) atoms. The Balaban J connectivity index is -0.000000202. The second-order valence-corrected chi connectivity index (χ2v) is 3.34. The summed E-state index contributed by atoms with van der Waals surface area (Å²) in [6, 6.07) is 0. The Morgan fingerprint density at radius 1 is 1.18 bits per heavy atom. The van der Waals surface area contributed by atoms with Crippen molar-refractivity contribution in [1.82, 2.24) is 0 Å². The number of esters is 1. The third kappa shape index (κ3) is 21.0. The van der Waals surface area contributed by atoms with Crippen molar-refractivity contribution in [2.24, 2.45) is 5.92 Å². The molecule has 0 heterocycles. The van der Waals surface area contributed by atoms with E-state index < -0.39 is 5.97 Å². The van der Waals surface area contributed by atoms with Gasteiger partial charge in [0.2, 0.25) is 0 Å². The van der Waals surface area contributed by atoms with Crippen LogP contribution in [-0.4, -0.2) is 12.6 Å². The first-order valence-electron chi connectivity index (χ1n) is 6.79. The molecule has 0 radical (unpaired) electrons. The molecule has 0 fully saturated rings. The highest BCUT2D eigenvalue weighted by molar-refractivity contribution is 5.87. The average Bonchev–Trinajstić information content (AvgIpc) is 2.39. The average molecular weight is 242 g/mol. The lowest BCUT2D eigenvalue weighted by molar-refractivity contribution is -0.136. The molecule has 0 rings (SSSR count). The molecule has 0 atom stereocenters. The Morgan fingerprint density at radius 2 is 1.65 bits per heavy atom. The van der Waals surface area contributed by atoms with Crippen LogP contribution in [0, 0.1) is 18.3 Å². The molecule has 0 aliphatic heterocycles. The summed E-state index contributed by atoms with van der Waals surface area (Å²) in [5.74, 6) is 2.21. The number of rotatable bonds is 5. The van der Waals surface area contributed by atoms with E-state index in [-0.39, 0.29) is 0 Å². The first-order chi connectivity index (χ1) is 8.15.